The minimum Gasteiger partial charge on any atom is -0.503 e. The number of amides is 2. The molecule has 12 nitrogen and oxygen atoms in total. The Bertz CT molecular complexity index is 1300. The average Bonchev–Trinajstić information content (AvgIpc) is 2.91. The summed E-state index contributed by atoms with van der Waals surface area (Å²) in [5, 5.41) is 29.7. The lowest BCUT2D eigenvalue weighted by molar-refractivity contribution is -0.136. The number of benzene rings is 2. The molecule has 1 aliphatic heterocycles. The van der Waals surface area contributed by atoms with Gasteiger partial charge in [0.05, 0.1) is 43.1 Å². The number of hydrogen-bond acceptors (Lipinski definition) is 10. The minimum atomic E-state index is -1.18. The van der Waals surface area contributed by atoms with Crippen LogP contribution in [-0.4, -0.2) is 62.1 Å². The fourth-order valence-electron chi connectivity index (χ4n) is 3.68. The summed E-state index contributed by atoms with van der Waals surface area (Å²) in [4.78, 5) is 24.5. The van der Waals surface area contributed by atoms with Gasteiger partial charge in [0.15, 0.2) is 29.2 Å². The van der Waals surface area contributed by atoms with Crippen LogP contribution in [-0.2, 0) is 9.53 Å². The van der Waals surface area contributed by atoms with Gasteiger partial charge in [0.1, 0.15) is 6.61 Å². The van der Waals surface area contributed by atoms with Crippen LogP contribution in [0.2, 0.25) is 0 Å². The highest BCUT2D eigenvalue weighted by atomic mass is 79.9. The van der Waals surface area contributed by atoms with Crippen molar-refractivity contribution < 1.29 is 38.7 Å². The highest BCUT2D eigenvalue weighted by molar-refractivity contribution is 9.13. The molecule has 1 aliphatic rings. The summed E-state index contributed by atoms with van der Waals surface area (Å²) in [6.07, 6.45) is 0.249. The van der Waals surface area contributed by atoms with Gasteiger partial charge in [-0.25, -0.2) is 9.59 Å². The number of allylic oxidation sites excluding steroid dienone is 1. The summed E-state index contributed by atoms with van der Waals surface area (Å²) in [7, 11) is 2.69. The van der Waals surface area contributed by atoms with Gasteiger partial charge in [-0.05, 0) is 69.5 Å². The lowest BCUT2D eigenvalue weighted by Crippen LogP contribution is -2.45. The first-order chi connectivity index (χ1) is 18.6. The SMILES string of the molecule is CCOc1cc([C@@H]2NC(=O)NC(C)=C2C(=O)OC)ccc1OC[C@@H](O)N/N=C\c1cc(OC)c(O)c(Br)c1Br. The van der Waals surface area contributed by atoms with Crippen molar-refractivity contribution in [3.05, 3.63) is 55.6 Å². The third-order valence-electron chi connectivity index (χ3n) is 5.49. The number of hydrazone groups is 1. The van der Waals surface area contributed by atoms with Gasteiger partial charge >= 0.3 is 12.0 Å². The molecular weight excluding hydrogens is 644 g/mol. The Hall–Kier alpha value is -3.49. The van der Waals surface area contributed by atoms with E-state index in [1.165, 1.54) is 20.4 Å². The molecule has 5 N–H and O–H groups in total. The first kappa shape index (κ1) is 30.1. The zero-order valence-corrected chi connectivity index (χ0v) is 24.7. The normalized spacial score (nSPS) is 15.9. The Morgan fingerprint density at radius 1 is 1.18 bits per heavy atom. The molecule has 0 saturated heterocycles. The standard InChI is InChI=1S/C25H28Br2N4O8/c1-5-38-16-8-13(22-19(24(34)37-4)12(2)29-25(35)30-22)6-7-15(16)39-11-18(32)31-28-10-14-9-17(36-3)23(33)21(27)20(14)26/h6-10,18,22,31-33H,5,11H2,1-4H3,(H2,29,30,35)/b28-10-/t18-,22+/m1/s1. The molecule has 39 heavy (non-hydrogen) atoms. The van der Waals surface area contributed by atoms with Crippen molar-refractivity contribution in [3.8, 4) is 23.0 Å². The van der Waals surface area contributed by atoms with E-state index in [1.54, 1.807) is 38.1 Å². The average molecular weight is 672 g/mol. The van der Waals surface area contributed by atoms with Crippen molar-refractivity contribution in [2.45, 2.75) is 26.1 Å². The van der Waals surface area contributed by atoms with Gasteiger partial charge in [-0.1, -0.05) is 6.07 Å². The number of aliphatic hydroxyl groups is 1. The maximum atomic E-state index is 12.4. The van der Waals surface area contributed by atoms with Crippen LogP contribution in [0, 0.1) is 0 Å². The maximum absolute atomic E-state index is 12.4. The van der Waals surface area contributed by atoms with E-state index in [9.17, 15) is 19.8 Å². The van der Waals surface area contributed by atoms with Crippen molar-refractivity contribution in [1.29, 1.82) is 0 Å². The summed E-state index contributed by atoms with van der Waals surface area (Å²) < 4.78 is 22.4. The molecule has 0 unspecified atom stereocenters. The lowest BCUT2D eigenvalue weighted by Gasteiger charge is -2.28. The Morgan fingerprint density at radius 2 is 1.92 bits per heavy atom. The maximum Gasteiger partial charge on any atom is 0.337 e. The number of methoxy groups -OCH3 is 2. The Labute approximate surface area is 241 Å². The van der Waals surface area contributed by atoms with Gasteiger partial charge in [-0.3, -0.25) is 5.43 Å². The molecule has 0 radical (unpaired) electrons. The molecule has 0 bridgehead atoms. The van der Waals surface area contributed by atoms with Crippen LogP contribution in [0.5, 0.6) is 23.0 Å². The molecule has 2 atom stereocenters. The highest BCUT2D eigenvalue weighted by Gasteiger charge is 2.32. The fourth-order valence-corrected chi connectivity index (χ4v) is 4.51. The summed E-state index contributed by atoms with van der Waals surface area (Å²) in [5.74, 6) is 0.291. The van der Waals surface area contributed by atoms with Gasteiger partial charge in [0, 0.05) is 15.7 Å². The molecule has 2 amide bonds. The highest BCUT2D eigenvalue weighted by Crippen LogP contribution is 2.41. The number of esters is 1. The Balaban J connectivity index is 1.72. The number of phenolic OH excluding ortho intramolecular Hbond substituents is 1. The van der Waals surface area contributed by atoms with Crippen molar-refractivity contribution in [1.82, 2.24) is 16.1 Å². The number of phenols is 1. The third kappa shape index (κ3) is 7.13. The summed E-state index contributed by atoms with van der Waals surface area (Å²) in [6, 6.07) is 5.29. The van der Waals surface area contributed by atoms with E-state index in [0.29, 0.717) is 43.9 Å². The van der Waals surface area contributed by atoms with Crippen molar-refractivity contribution in [2.75, 3.05) is 27.4 Å². The molecule has 2 aromatic rings. The number of ether oxygens (including phenoxy) is 4. The number of carbonyl (C=O) groups excluding carboxylic acids is 2. The van der Waals surface area contributed by atoms with E-state index in [2.05, 4.69) is 53.0 Å². The van der Waals surface area contributed by atoms with Crippen LogP contribution >= 0.6 is 31.9 Å². The van der Waals surface area contributed by atoms with Crippen LogP contribution in [0.25, 0.3) is 0 Å². The van der Waals surface area contributed by atoms with Crippen molar-refractivity contribution in [3.63, 3.8) is 0 Å². The lowest BCUT2D eigenvalue weighted by atomic mass is 9.95. The Morgan fingerprint density at radius 3 is 2.59 bits per heavy atom. The molecule has 3 rings (SSSR count). The molecular formula is C25H28Br2N4O8. The van der Waals surface area contributed by atoms with Crippen LogP contribution in [0.3, 0.4) is 0 Å². The molecule has 2 aromatic carbocycles. The second-order valence-corrected chi connectivity index (χ2v) is 9.65. The summed E-state index contributed by atoms with van der Waals surface area (Å²) in [5.41, 5.74) is 4.35. The number of aliphatic hydroxyl groups excluding tert-OH is 1. The van der Waals surface area contributed by atoms with Crippen molar-refractivity contribution in [2.24, 2.45) is 5.10 Å². The number of carbonyl (C=O) groups is 2. The predicted molar refractivity (Wildman–Crippen MR) is 149 cm³/mol. The molecule has 0 saturated carbocycles. The Kier molecular flexibility index (Phi) is 10.4. The van der Waals surface area contributed by atoms with E-state index in [-0.39, 0.29) is 23.7 Å². The van der Waals surface area contributed by atoms with Gasteiger partial charge in [0.25, 0.3) is 0 Å². The van der Waals surface area contributed by atoms with Gasteiger partial charge in [0.2, 0.25) is 0 Å². The number of rotatable bonds is 11. The first-order valence-electron chi connectivity index (χ1n) is 11.6. The van der Waals surface area contributed by atoms with E-state index in [1.807, 2.05) is 0 Å². The summed E-state index contributed by atoms with van der Waals surface area (Å²) in [6.45, 7) is 3.55. The van der Waals surface area contributed by atoms with Crippen LogP contribution < -0.4 is 30.3 Å². The van der Waals surface area contributed by atoms with Crippen LogP contribution in [0.15, 0.2) is 49.6 Å². The largest absolute Gasteiger partial charge is 0.503 e. The molecule has 210 valence electrons. The number of halogens is 2. The zero-order valence-electron chi connectivity index (χ0n) is 21.5. The van der Waals surface area contributed by atoms with E-state index < -0.39 is 24.3 Å². The molecule has 0 spiro atoms. The quantitative estimate of drug-likeness (QED) is 0.104. The summed E-state index contributed by atoms with van der Waals surface area (Å²) >= 11 is 6.64. The number of urea groups is 1. The molecule has 1 heterocycles. The van der Waals surface area contributed by atoms with Gasteiger partial charge in [-0.2, -0.15) is 5.10 Å². The predicted octanol–water partition coefficient (Wildman–Crippen LogP) is 3.45. The molecule has 14 heteroatoms. The second kappa shape index (κ2) is 13.5. The van der Waals surface area contributed by atoms with E-state index >= 15 is 0 Å². The third-order valence-corrected chi connectivity index (χ3v) is 7.65. The number of aromatic hydroxyl groups is 1. The zero-order chi connectivity index (χ0) is 28.7. The number of nitrogens with one attached hydrogen (secondary N) is 3. The smallest absolute Gasteiger partial charge is 0.337 e. The van der Waals surface area contributed by atoms with Gasteiger partial charge in [-0.15, -0.1) is 0 Å². The monoisotopic (exact) mass is 670 g/mol. The topological polar surface area (TPSA) is 160 Å². The number of nitrogens with zero attached hydrogens (tertiary/aromatic N) is 1. The molecule has 0 aliphatic carbocycles. The first-order valence-corrected chi connectivity index (χ1v) is 13.2. The van der Waals surface area contributed by atoms with E-state index in [4.69, 9.17) is 18.9 Å². The van der Waals surface area contributed by atoms with Crippen molar-refractivity contribution >= 4 is 50.1 Å². The van der Waals surface area contributed by atoms with Crippen LogP contribution in [0.1, 0.15) is 31.0 Å². The minimum absolute atomic E-state index is 0.0609. The molecule has 0 fully saturated rings. The van der Waals surface area contributed by atoms with Gasteiger partial charge < -0.3 is 39.8 Å². The van der Waals surface area contributed by atoms with Crippen LogP contribution in [0.4, 0.5) is 4.79 Å². The molecule has 0 aromatic heterocycles. The second-order valence-electron chi connectivity index (χ2n) is 8.06. The van der Waals surface area contributed by atoms with E-state index in [0.717, 1.165) is 0 Å². The number of hydrogen-bond donors (Lipinski definition) is 5. The fraction of sp³-hybridized carbons (Fsp3) is 0.320.